The molecule has 1 N–H and O–H groups in total. The first-order chi connectivity index (χ1) is 13.4. The van der Waals surface area contributed by atoms with E-state index in [1.54, 1.807) is 24.0 Å². The van der Waals surface area contributed by atoms with Gasteiger partial charge in [0.05, 0.1) is 16.4 Å². The van der Waals surface area contributed by atoms with Crippen LogP contribution in [0.4, 0.5) is 0 Å². The Morgan fingerprint density at radius 1 is 1.14 bits per heavy atom. The number of para-hydroxylation sites is 1. The van der Waals surface area contributed by atoms with Crippen LogP contribution in [0.15, 0.2) is 48.5 Å². The van der Waals surface area contributed by atoms with Crippen LogP contribution < -0.4 is 0 Å². The quantitative estimate of drug-likeness (QED) is 0.756. The van der Waals surface area contributed by atoms with Crippen LogP contribution in [0.25, 0.3) is 16.7 Å². The first-order valence-corrected chi connectivity index (χ1v) is 9.46. The molecule has 1 aliphatic heterocycles. The van der Waals surface area contributed by atoms with E-state index in [1.165, 1.54) is 0 Å². The van der Waals surface area contributed by atoms with Crippen molar-refractivity contribution in [1.29, 1.82) is 0 Å². The van der Waals surface area contributed by atoms with E-state index in [0.717, 1.165) is 22.5 Å². The van der Waals surface area contributed by atoms with Crippen LogP contribution in [0.1, 0.15) is 35.9 Å². The Bertz CT molecular complexity index is 1060. The highest BCUT2D eigenvalue weighted by Crippen LogP contribution is 2.31. The van der Waals surface area contributed by atoms with E-state index < -0.39 is 11.4 Å². The highest BCUT2D eigenvalue weighted by molar-refractivity contribution is 5.98. The number of fused-ring (bicyclic) bond motifs is 1. The van der Waals surface area contributed by atoms with Crippen molar-refractivity contribution in [3.05, 3.63) is 59.9 Å². The fraction of sp³-hybridized carbons (Fsp3) is 0.318. The van der Waals surface area contributed by atoms with E-state index >= 15 is 0 Å². The Labute approximate surface area is 163 Å². The van der Waals surface area contributed by atoms with E-state index in [4.69, 9.17) is 0 Å². The normalized spacial score (nSPS) is 19.7. The number of hydrogen-bond acceptors (Lipinski definition) is 3. The molecular formula is C22H23N3O3. The van der Waals surface area contributed by atoms with Gasteiger partial charge in [-0.15, -0.1) is 0 Å². The molecule has 0 spiro atoms. The van der Waals surface area contributed by atoms with Crippen LogP contribution in [0.2, 0.25) is 0 Å². The number of rotatable bonds is 3. The van der Waals surface area contributed by atoms with E-state index in [9.17, 15) is 14.7 Å². The molecule has 0 bridgehead atoms. The number of aryl methyl sites for hydroxylation is 1. The van der Waals surface area contributed by atoms with Crippen LogP contribution in [0, 0.1) is 12.3 Å². The lowest BCUT2D eigenvalue weighted by molar-refractivity contribution is -0.150. The zero-order valence-corrected chi connectivity index (χ0v) is 16.1. The third-order valence-corrected chi connectivity index (χ3v) is 5.58. The fourth-order valence-electron chi connectivity index (χ4n) is 4.01. The number of aromatic nitrogens is 2. The van der Waals surface area contributed by atoms with Crippen LogP contribution in [0.5, 0.6) is 0 Å². The number of carbonyl (C=O) groups excluding carboxylic acids is 1. The molecule has 1 fully saturated rings. The highest BCUT2D eigenvalue weighted by atomic mass is 16.4. The molecule has 0 saturated carbocycles. The molecule has 1 saturated heterocycles. The minimum absolute atomic E-state index is 0.138. The molecule has 0 aliphatic carbocycles. The molecule has 1 unspecified atom stereocenters. The number of amides is 1. The molecule has 1 amide bonds. The van der Waals surface area contributed by atoms with Crippen molar-refractivity contribution < 1.29 is 14.7 Å². The van der Waals surface area contributed by atoms with E-state index in [1.807, 2.05) is 43.3 Å². The van der Waals surface area contributed by atoms with Crippen LogP contribution in [0.3, 0.4) is 0 Å². The summed E-state index contributed by atoms with van der Waals surface area (Å²) in [5.74, 6) is -0.138. The third kappa shape index (κ3) is 3.05. The largest absolute Gasteiger partial charge is 0.481 e. The molecule has 1 atom stereocenters. The Balaban J connectivity index is 1.67. The molecular weight excluding hydrogens is 354 g/mol. The minimum Gasteiger partial charge on any atom is -0.481 e. The molecule has 28 heavy (non-hydrogen) atoms. The highest BCUT2D eigenvalue weighted by Gasteiger charge is 2.39. The summed E-state index contributed by atoms with van der Waals surface area (Å²) in [6.07, 6.45) is 1.28. The summed E-state index contributed by atoms with van der Waals surface area (Å²) < 4.78 is 2.06. The average molecular weight is 377 g/mol. The molecule has 3 aromatic rings. The Morgan fingerprint density at radius 3 is 2.61 bits per heavy atom. The predicted molar refractivity (Wildman–Crippen MR) is 107 cm³/mol. The number of nitrogens with zero attached hydrogens (tertiary/aromatic N) is 3. The Hall–Kier alpha value is -3.15. The van der Waals surface area contributed by atoms with Gasteiger partial charge in [0.25, 0.3) is 5.91 Å². The predicted octanol–water partition coefficient (Wildman–Crippen LogP) is 3.66. The van der Waals surface area contributed by atoms with Gasteiger partial charge in [-0.25, -0.2) is 4.98 Å². The lowest BCUT2D eigenvalue weighted by Gasteiger charge is -2.37. The number of imidazole rings is 1. The van der Waals surface area contributed by atoms with Crippen molar-refractivity contribution in [2.75, 3.05) is 13.1 Å². The van der Waals surface area contributed by atoms with Gasteiger partial charge in [-0.3, -0.25) is 14.2 Å². The number of hydrogen-bond donors (Lipinski definition) is 1. The number of likely N-dealkylation sites (tertiary alicyclic amines) is 1. The summed E-state index contributed by atoms with van der Waals surface area (Å²) in [6, 6.07) is 15.5. The van der Waals surface area contributed by atoms with E-state index in [-0.39, 0.29) is 12.5 Å². The minimum atomic E-state index is -0.885. The van der Waals surface area contributed by atoms with Gasteiger partial charge in [-0.2, -0.15) is 0 Å². The van der Waals surface area contributed by atoms with Crippen molar-refractivity contribution in [3.8, 4) is 5.69 Å². The maximum absolute atomic E-state index is 13.0. The number of carbonyl (C=O) groups is 2. The van der Waals surface area contributed by atoms with Crippen molar-refractivity contribution in [2.45, 2.75) is 26.7 Å². The monoisotopic (exact) mass is 377 g/mol. The van der Waals surface area contributed by atoms with Gasteiger partial charge in [0.15, 0.2) is 0 Å². The van der Waals surface area contributed by atoms with Gasteiger partial charge in [0.1, 0.15) is 5.82 Å². The van der Waals surface area contributed by atoms with Crippen molar-refractivity contribution in [1.82, 2.24) is 14.5 Å². The van der Waals surface area contributed by atoms with Gasteiger partial charge < -0.3 is 10.0 Å². The maximum Gasteiger partial charge on any atom is 0.311 e. The number of carboxylic acids is 1. The number of piperidine rings is 1. The standard InChI is InChI=1S/C22H23N3O3/c1-15-23-18-13-16(9-10-19(18)25(15)17-7-4-3-5-8-17)20(26)24-12-6-11-22(2,14-24)21(27)28/h3-5,7-10,13H,6,11-12,14H2,1-2H3,(H,27,28). The summed E-state index contributed by atoms with van der Waals surface area (Å²) in [5, 5.41) is 9.50. The molecule has 2 aromatic carbocycles. The second kappa shape index (κ2) is 6.78. The number of aliphatic carboxylic acids is 1. The Morgan fingerprint density at radius 2 is 1.89 bits per heavy atom. The van der Waals surface area contributed by atoms with E-state index in [0.29, 0.717) is 24.9 Å². The Kier molecular flexibility index (Phi) is 4.41. The molecule has 1 aliphatic rings. The van der Waals surface area contributed by atoms with Crippen molar-refractivity contribution in [3.63, 3.8) is 0 Å². The summed E-state index contributed by atoms with van der Waals surface area (Å²) >= 11 is 0. The van der Waals surface area contributed by atoms with Gasteiger partial charge in [0, 0.05) is 24.3 Å². The summed E-state index contributed by atoms with van der Waals surface area (Å²) in [7, 11) is 0. The first-order valence-electron chi connectivity index (χ1n) is 9.46. The molecule has 1 aromatic heterocycles. The molecule has 6 heteroatoms. The zero-order valence-electron chi connectivity index (χ0n) is 16.1. The lowest BCUT2D eigenvalue weighted by Crippen LogP contribution is -2.48. The fourth-order valence-corrected chi connectivity index (χ4v) is 4.01. The first kappa shape index (κ1) is 18.2. The lowest BCUT2D eigenvalue weighted by atomic mass is 9.82. The maximum atomic E-state index is 13.0. The van der Waals surface area contributed by atoms with E-state index in [2.05, 4.69) is 9.55 Å². The van der Waals surface area contributed by atoms with Crippen molar-refractivity contribution >= 4 is 22.9 Å². The molecule has 6 nitrogen and oxygen atoms in total. The SMILES string of the molecule is Cc1nc2cc(C(=O)N3CCCC(C)(C(=O)O)C3)ccc2n1-c1ccccc1. The molecule has 4 rings (SSSR count). The zero-order chi connectivity index (χ0) is 19.9. The third-order valence-electron chi connectivity index (χ3n) is 5.58. The second-order valence-corrected chi connectivity index (χ2v) is 7.73. The summed E-state index contributed by atoms with van der Waals surface area (Å²) in [5.41, 5.74) is 2.37. The molecule has 0 radical (unpaired) electrons. The van der Waals surface area contributed by atoms with Gasteiger partial charge in [0.2, 0.25) is 0 Å². The second-order valence-electron chi connectivity index (χ2n) is 7.73. The summed E-state index contributed by atoms with van der Waals surface area (Å²) in [6.45, 7) is 4.47. The average Bonchev–Trinajstić information content (AvgIpc) is 3.02. The smallest absolute Gasteiger partial charge is 0.311 e. The summed E-state index contributed by atoms with van der Waals surface area (Å²) in [4.78, 5) is 30.9. The molecule has 144 valence electrons. The topological polar surface area (TPSA) is 75.4 Å². The van der Waals surface area contributed by atoms with Crippen LogP contribution >= 0.6 is 0 Å². The van der Waals surface area contributed by atoms with Crippen LogP contribution in [-0.4, -0.2) is 44.5 Å². The van der Waals surface area contributed by atoms with Gasteiger partial charge in [-0.05, 0) is 57.0 Å². The van der Waals surface area contributed by atoms with Crippen LogP contribution in [-0.2, 0) is 4.79 Å². The van der Waals surface area contributed by atoms with Gasteiger partial charge in [-0.1, -0.05) is 18.2 Å². The molecule has 2 heterocycles. The van der Waals surface area contributed by atoms with Crippen molar-refractivity contribution in [2.24, 2.45) is 5.41 Å². The van der Waals surface area contributed by atoms with Gasteiger partial charge >= 0.3 is 5.97 Å². The number of carboxylic acid groups (broad SMARTS) is 1. The number of benzene rings is 2.